The standard InChI is InChI=1S/C14H19F3N4O2/c15-14(16,17)13(22)23-19-9-4-11(5-10-19)20-7-1-3-12(20)21-8-2-6-18-21/h2,6,8,11-12H,1,3-5,7,9-10H2. The summed E-state index contributed by atoms with van der Waals surface area (Å²) in [7, 11) is 0. The van der Waals surface area contributed by atoms with E-state index in [1.54, 1.807) is 6.20 Å². The van der Waals surface area contributed by atoms with Crippen LogP contribution in [0.4, 0.5) is 13.2 Å². The Morgan fingerprint density at radius 2 is 1.91 bits per heavy atom. The minimum atomic E-state index is -4.95. The van der Waals surface area contributed by atoms with Crippen LogP contribution in [0.25, 0.3) is 0 Å². The van der Waals surface area contributed by atoms with Crippen molar-refractivity contribution in [1.29, 1.82) is 0 Å². The smallest absolute Gasteiger partial charge is 0.361 e. The van der Waals surface area contributed by atoms with Crippen LogP contribution in [0.15, 0.2) is 18.5 Å². The predicted molar refractivity (Wildman–Crippen MR) is 73.9 cm³/mol. The molecule has 0 amide bonds. The monoisotopic (exact) mass is 332 g/mol. The Bertz CT molecular complexity index is 527. The van der Waals surface area contributed by atoms with Gasteiger partial charge in [0.15, 0.2) is 0 Å². The van der Waals surface area contributed by atoms with Gasteiger partial charge in [0.05, 0.1) is 0 Å². The molecule has 1 atom stereocenters. The molecule has 2 fully saturated rings. The maximum absolute atomic E-state index is 12.2. The number of hydroxylamine groups is 2. The van der Waals surface area contributed by atoms with Gasteiger partial charge in [0, 0.05) is 38.1 Å². The van der Waals surface area contributed by atoms with E-state index in [0.29, 0.717) is 25.9 Å². The van der Waals surface area contributed by atoms with E-state index in [0.717, 1.165) is 24.4 Å². The second-order valence-electron chi connectivity index (χ2n) is 5.88. The van der Waals surface area contributed by atoms with Crippen LogP contribution in [0.5, 0.6) is 0 Å². The highest BCUT2D eigenvalue weighted by molar-refractivity contribution is 5.75. The zero-order chi connectivity index (χ0) is 16.4. The quantitative estimate of drug-likeness (QED) is 0.847. The van der Waals surface area contributed by atoms with Gasteiger partial charge in [-0.3, -0.25) is 9.58 Å². The maximum Gasteiger partial charge on any atom is 0.492 e. The molecule has 128 valence electrons. The molecule has 2 saturated heterocycles. The Labute approximate surface area is 131 Å². The fraction of sp³-hybridized carbons (Fsp3) is 0.714. The number of aromatic nitrogens is 2. The Hall–Kier alpha value is -1.61. The van der Waals surface area contributed by atoms with Gasteiger partial charge in [0.25, 0.3) is 0 Å². The van der Waals surface area contributed by atoms with E-state index < -0.39 is 12.1 Å². The van der Waals surface area contributed by atoms with E-state index in [1.165, 1.54) is 0 Å². The first-order valence-electron chi connectivity index (χ1n) is 7.74. The number of hydrogen-bond acceptors (Lipinski definition) is 5. The second kappa shape index (κ2) is 6.48. The third kappa shape index (κ3) is 3.66. The van der Waals surface area contributed by atoms with Crippen LogP contribution < -0.4 is 0 Å². The van der Waals surface area contributed by atoms with Gasteiger partial charge in [-0.15, -0.1) is 5.06 Å². The number of halogens is 3. The summed E-state index contributed by atoms with van der Waals surface area (Å²) in [6.07, 6.45) is 2.37. The predicted octanol–water partition coefficient (Wildman–Crippen LogP) is 1.96. The Morgan fingerprint density at radius 3 is 2.52 bits per heavy atom. The lowest BCUT2D eigenvalue weighted by molar-refractivity contribution is -0.242. The summed E-state index contributed by atoms with van der Waals surface area (Å²) in [5.41, 5.74) is 0. The fourth-order valence-corrected chi connectivity index (χ4v) is 3.37. The number of nitrogens with zero attached hydrogens (tertiary/aromatic N) is 4. The van der Waals surface area contributed by atoms with E-state index in [4.69, 9.17) is 0 Å². The lowest BCUT2D eigenvalue weighted by atomic mass is 10.0. The summed E-state index contributed by atoms with van der Waals surface area (Å²) < 4.78 is 38.6. The Morgan fingerprint density at radius 1 is 1.17 bits per heavy atom. The zero-order valence-electron chi connectivity index (χ0n) is 12.6. The Kier molecular flexibility index (Phi) is 4.58. The highest BCUT2D eigenvalue weighted by atomic mass is 19.4. The summed E-state index contributed by atoms with van der Waals surface area (Å²) in [6.45, 7) is 1.58. The number of hydrogen-bond donors (Lipinski definition) is 0. The van der Waals surface area contributed by atoms with Gasteiger partial charge >= 0.3 is 12.1 Å². The van der Waals surface area contributed by atoms with E-state index in [1.807, 2.05) is 16.9 Å². The molecule has 1 aromatic heterocycles. The van der Waals surface area contributed by atoms with Crippen molar-refractivity contribution in [2.75, 3.05) is 19.6 Å². The minimum absolute atomic E-state index is 0.208. The maximum atomic E-state index is 12.2. The molecule has 3 rings (SSSR count). The second-order valence-corrected chi connectivity index (χ2v) is 5.88. The lowest BCUT2D eigenvalue weighted by Gasteiger charge is -2.38. The molecule has 3 heterocycles. The molecule has 6 nitrogen and oxygen atoms in total. The molecule has 0 aromatic carbocycles. The van der Waals surface area contributed by atoms with Crippen molar-refractivity contribution in [3.63, 3.8) is 0 Å². The van der Waals surface area contributed by atoms with Crippen LogP contribution in [0.3, 0.4) is 0 Å². The lowest BCUT2D eigenvalue weighted by Crippen LogP contribution is -2.47. The van der Waals surface area contributed by atoms with Crippen molar-refractivity contribution in [3.8, 4) is 0 Å². The van der Waals surface area contributed by atoms with E-state index in [9.17, 15) is 18.0 Å². The first-order valence-corrected chi connectivity index (χ1v) is 7.74. The van der Waals surface area contributed by atoms with E-state index in [-0.39, 0.29) is 12.2 Å². The average Bonchev–Trinajstić information content (AvgIpc) is 3.18. The van der Waals surface area contributed by atoms with Crippen LogP contribution in [0.2, 0.25) is 0 Å². The summed E-state index contributed by atoms with van der Waals surface area (Å²) in [4.78, 5) is 17.6. The van der Waals surface area contributed by atoms with E-state index >= 15 is 0 Å². The van der Waals surface area contributed by atoms with Crippen molar-refractivity contribution < 1.29 is 22.8 Å². The SMILES string of the molecule is O=C(ON1CCC(N2CCCC2n2cccn2)CC1)C(F)(F)F. The van der Waals surface area contributed by atoms with Gasteiger partial charge in [-0.25, -0.2) is 4.79 Å². The zero-order valence-corrected chi connectivity index (χ0v) is 12.6. The number of rotatable bonds is 3. The largest absolute Gasteiger partial charge is 0.492 e. The third-order valence-electron chi connectivity index (χ3n) is 4.43. The van der Waals surface area contributed by atoms with Crippen molar-refractivity contribution in [2.45, 2.75) is 44.1 Å². The molecule has 2 aliphatic heterocycles. The molecule has 0 N–H and O–H groups in total. The number of piperidine rings is 1. The molecule has 0 bridgehead atoms. The van der Waals surface area contributed by atoms with Crippen LogP contribution >= 0.6 is 0 Å². The molecule has 0 spiro atoms. The molecular formula is C14H19F3N4O2. The highest BCUT2D eigenvalue weighted by Gasteiger charge is 2.43. The topological polar surface area (TPSA) is 50.6 Å². The van der Waals surface area contributed by atoms with Gasteiger partial charge in [-0.1, -0.05) is 0 Å². The molecular weight excluding hydrogens is 313 g/mol. The summed E-state index contributed by atoms with van der Waals surface area (Å²) in [5.74, 6) is -2.15. The minimum Gasteiger partial charge on any atom is -0.361 e. The third-order valence-corrected chi connectivity index (χ3v) is 4.43. The van der Waals surface area contributed by atoms with Crippen molar-refractivity contribution >= 4 is 5.97 Å². The van der Waals surface area contributed by atoms with Gasteiger partial charge < -0.3 is 4.84 Å². The first kappa shape index (κ1) is 16.3. The molecule has 0 saturated carbocycles. The molecule has 1 aromatic rings. The average molecular weight is 332 g/mol. The number of carbonyl (C=O) groups is 1. The van der Waals surface area contributed by atoms with E-state index in [2.05, 4.69) is 14.8 Å². The van der Waals surface area contributed by atoms with Crippen molar-refractivity contribution in [3.05, 3.63) is 18.5 Å². The highest BCUT2D eigenvalue weighted by Crippen LogP contribution is 2.32. The van der Waals surface area contributed by atoms with Crippen LogP contribution in [0.1, 0.15) is 31.8 Å². The van der Waals surface area contributed by atoms with Crippen LogP contribution in [0, 0.1) is 0 Å². The summed E-state index contributed by atoms with van der Waals surface area (Å²) in [6, 6.07) is 2.16. The molecule has 1 unspecified atom stereocenters. The Balaban J connectivity index is 1.54. The van der Waals surface area contributed by atoms with Crippen molar-refractivity contribution in [2.24, 2.45) is 0 Å². The van der Waals surface area contributed by atoms with Gasteiger partial charge in [0.1, 0.15) is 6.17 Å². The molecule has 0 aliphatic carbocycles. The summed E-state index contributed by atoms with van der Waals surface area (Å²) in [5, 5.41) is 5.41. The van der Waals surface area contributed by atoms with Crippen LogP contribution in [-0.2, 0) is 9.63 Å². The van der Waals surface area contributed by atoms with Crippen molar-refractivity contribution in [1.82, 2.24) is 19.7 Å². The normalized spacial score (nSPS) is 24.9. The first-order chi connectivity index (χ1) is 10.9. The molecule has 23 heavy (non-hydrogen) atoms. The van der Waals surface area contributed by atoms with Gasteiger partial charge in [-0.05, 0) is 31.7 Å². The number of alkyl halides is 3. The molecule has 0 radical (unpaired) electrons. The molecule has 2 aliphatic rings. The van der Waals surface area contributed by atoms with Gasteiger partial charge in [-0.2, -0.15) is 18.3 Å². The van der Waals surface area contributed by atoms with Gasteiger partial charge in [0.2, 0.25) is 0 Å². The fourth-order valence-electron chi connectivity index (χ4n) is 3.37. The summed E-state index contributed by atoms with van der Waals surface area (Å²) >= 11 is 0. The molecule has 9 heteroatoms. The number of likely N-dealkylation sites (tertiary alicyclic amines) is 1. The number of carbonyl (C=O) groups excluding carboxylic acids is 1. The van der Waals surface area contributed by atoms with Crippen LogP contribution in [-0.4, -0.2) is 57.6 Å².